The highest BCUT2D eigenvalue weighted by Gasteiger charge is 2.10. The fourth-order valence-electron chi connectivity index (χ4n) is 2.00. The molecule has 3 rings (SSSR count). The van der Waals surface area contributed by atoms with E-state index in [-0.39, 0.29) is 5.82 Å². The third kappa shape index (κ3) is 2.16. The summed E-state index contributed by atoms with van der Waals surface area (Å²) in [5.74, 6) is 0.856. The van der Waals surface area contributed by atoms with Gasteiger partial charge in [0, 0.05) is 19.4 Å². The Hall–Kier alpha value is -2.63. The average molecular weight is 271 g/mol. The number of hydrogen-bond acceptors (Lipinski definition) is 4. The van der Waals surface area contributed by atoms with Crippen LogP contribution in [0.5, 0.6) is 0 Å². The molecule has 1 aromatic carbocycles. The number of benzene rings is 1. The minimum atomic E-state index is -0.322. The first-order valence-electron chi connectivity index (χ1n) is 6.22. The van der Waals surface area contributed by atoms with E-state index < -0.39 is 0 Å². The molecule has 0 radical (unpaired) electrons. The average Bonchev–Trinajstić information content (AvgIpc) is 2.91. The molecule has 6 heteroatoms. The first-order chi connectivity index (χ1) is 9.67. The van der Waals surface area contributed by atoms with Crippen LogP contribution in [0.2, 0.25) is 0 Å². The van der Waals surface area contributed by atoms with Gasteiger partial charge in [0.15, 0.2) is 11.5 Å². The molecule has 20 heavy (non-hydrogen) atoms. The van der Waals surface area contributed by atoms with Crippen LogP contribution in [0.15, 0.2) is 36.8 Å². The van der Waals surface area contributed by atoms with Crippen molar-refractivity contribution < 1.29 is 4.39 Å². The molecule has 0 amide bonds. The molecule has 2 heterocycles. The van der Waals surface area contributed by atoms with Gasteiger partial charge in [-0.25, -0.2) is 14.4 Å². The number of hydrogen-bond donors (Lipinski definition) is 2. The number of nitrogens with zero attached hydrogens (tertiary/aromatic N) is 3. The van der Waals surface area contributed by atoms with Gasteiger partial charge in [0.05, 0.1) is 11.9 Å². The molecule has 0 spiro atoms. The van der Waals surface area contributed by atoms with Gasteiger partial charge in [0.2, 0.25) is 0 Å². The van der Waals surface area contributed by atoms with Gasteiger partial charge in [0.25, 0.3) is 0 Å². The van der Waals surface area contributed by atoms with E-state index in [1.54, 1.807) is 25.4 Å². The van der Waals surface area contributed by atoms with Crippen molar-refractivity contribution in [3.63, 3.8) is 0 Å². The van der Waals surface area contributed by atoms with Gasteiger partial charge in [-0.1, -0.05) is 6.07 Å². The smallest absolute Gasteiger partial charge is 0.180 e. The summed E-state index contributed by atoms with van der Waals surface area (Å²) in [4.78, 5) is 8.62. The second-order valence-corrected chi connectivity index (χ2v) is 4.49. The fourth-order valence-corrected chi connectivity index (χ4v) is 2.00. The summed E-state index contributed by atoms with van der Waals surface area (Å²) in [5.41, 5.74) is 2.00. The maximum Gasteiger partial charge on any atom is 0.180 e. The molecule has 102 valence electrons. The zero-order chi connectivity index (χ0) is 14.1. The van der Waals surface area contributed by atoms with Crippen LogP contribution in [0, 0.1) is 12.7 Å². The van der Waals surface area contributed by atoms with Gasteiger partial charge in [0.1, 0.15) is 11.6 Å². The van der Waals surface area contributed by atoms with Gasteiger partial charge in [-0.15, -0.1) is 0 Å². The highest BCUT2D eigenvalue weighted by molar-refractivity contribution is 5.72. The number of nitrogens with one attached hydrogen (secondary N) is 2. The summed E-state index contributed by atoms with van der Waals surface area (Å²) in [6, 6.07) is 4.90. The topological polar surface area (TPSA) is 54.2 Å². The zero-order valence-electron chi connectivity index (χ0n) is 11.2. The van der Waals surface area contributed by atoms with Crippen LogP contribution in [0.3, 0.4) is 0 Å². The summed E-state index contributed by atoms with van der Waals surface area (Å²) < 4.78 is 15.7. The lowest BCUT2D eigenvalue weighted by Gasteiger charge is -2.10. The predicted molar refractivity (Wildman–Crippen MR) is 77.0 cm³/mol. The first-order valence-corrected chi connectivity index (χ1v) is 6.22. The highest BCUT2D eigenvalue weighted by Crippen LogP contribution is 2.23. The Morgan fingerprint density at radius 1 is 1.30 bits per heavy atom. The summed E-state index contributed by atoms with van der Waals surface area (Å²) >= 11 is 0. The second-order valence-electron chi connectivity index (χ2n) is 4.49. The summed E-state index contributed by atoms with van der Waals surface area (Å²) in [6.45, 7) is 1.91. The molecule has 0 saturated carbocycles. The van der Waals surface area contributed by atoms with E-state index in [4.69, 9.17) is 0 Å². The minimum Gasteiger partial charge on any atom is -0.372 e. The summed E-state index contributed by atoms with van der Waals surface area (Å²) in [5, 5.41) is 5.98. The summed E-state index contributed by atoms with van der Waals surface area (Å²) in [6.07, 6.45) is 5.31. The molecular weight excluding hydrogens is 257 g/mol. The largest absolute Gasteiger partial charge is 0.372 e. The molecule has 0 saturated heterocycles. The SMILES string of the molecule is CNc1cn2ccnc2c(Nc2cc(C)ccc2F)n1. The van der Waals surface area contributed by atoms with Crippen LogP contribution in [0.25, 0.3) is 5.65 Å². The lowest BCUT2D eigenvalue weighted by molar-refractivity contribution is 0.631. The second kappa shape index (κ2) is 4.80. The van der Waals surface area contributed by atoms with Gasteiger partial charge in [-0.05, 0) is 24.6 Å². The molecule has 0 aliphatic heterocycles. The van der Waals surface area contributed by atoms with E-state index in [1.165, 1.54) is 6.07 Å². The molecule has 0 aliphatic carbocycles. The quantitative estimate of drug-likeness (QED) is 0.769. The molecule has 0 aliphatic rings. The van der Waals surface area contributed by atoms with Crippen LogP contribution in [0.4, 0.5) is 21.7 Å². The maximum atomic E-state index is 13.8. The third-order valence-electron chi connectivity index (χ3n) is 3.01. The number of aryl methyl sites for hydroxylation is 1. The van der Waals surface area contributed by atoms with Gasteiger partial charge in [-0.2, -0.15) is 0 Å². The Bertz CT molecular complexity index is 765. The molecule has 0 unspecified atom stereocenters. The van der Waals surface area contributed by atoms with Crippen molar-refractivity contribution in [2.24, 2.45) is 0 Å². The summed E-state index contributed by atoms with van der Waals surface area (Å²) in [7, 11) is 1.78. The van der Waals surface area contributed by atoms with Crippen LogP contribution >= 0.6 is 0 Å². The van der Waals surface area contributed by atoms with Gasteiger partial charge >= 0.3 is 0 Å². The van der Waals surface area contributed by atoms with Crippen molar-refractivity contribution in [1.82, 2.24) is 14.4 Å². The minimum absolute atomic E-state index is 0.322. The number of fused-ring (bicyclic) bond motifs is 1. The highest BCUT2D eigenvalue weighted by atomic mass is 19.1. The maximum absolute atomic E-state index is 13.8. The van der Waals surface area contributed by atoms with Gasteiger partial charge < -0.3 is 15.0 Å². The number of anilines is 3. The lowest BCUT2D eigenvalue weighted by Crippen LogP contribution is -2.03. The van der Waals surface area contributed by atoms with Crippen LogP contribution in [0.1, 0.15) is 5.56 Å². The fraction of sp³-hybridized carbons (Fsp3) is 0.143. The normalized spacial score (nSPS) is 10.8. The molecule has 5 nitrogen and oxygen atoms in total. The molecule has 3 aromatic rings. The number of aromatic nitrogens is 3. The molecule has 2 aromatic heterocycles. The predicted octanol–water partition coefficient (Wildman–Crippen LogP) is 2.96. The Morgan fingerprint density at radius 3 is 2.95 bits per heavy atom. The van der Waals surface area contributed by atoms with Crippen molar-refractivity contribution in [2.75, 3.05) is 17.7 Å². The Morgan fingerprint density at radius 2 is 2.15 bits per heavy atom. The van der Waals surface area contributed by atoms with Crippen molar-refractivity contribution in [1.29, 1.82) is 0 Å². The Balaban J connectivity index is 2.09. The zero-order valence-corrected chi connectivity index (χ0v) is 11.2. The van der Waals surface area contributed by atoms with Crippen molar-refractivity contribution in [3.05, 3.63) is 48.2 Å². The van der Waals surface area contributed by atoms with E-state index >= 15 is 0 Å². The van der Waals surface area contributed by atoms with Crippen LogP contribution < -0.4 is 10.6 Å². The Labute approximate surface area is 115 Å². The monoisotopic (exact) mass is 271 g/mol. The van der Waals surface area contributed by atoms with E-state index in [0.29, 0.717) is 23.0 Å². The van der Waals surface area contributed by atoms with Gasteiger partial charge in [-0.3, -0.25) is 0 Å². The Kier molecular flexibility index (Phi) is 2.98. The van der Waals surface area contributed by atoms with E-state index in [0.717, 1.165) is 5.56 Å². The molecular formula is C14H14FN5. The van der Waals surface area contributed by atoms with E-state index in [1.807, 2.05) is 23.7 Å². The number of rotatable bonds is 3. The molecule has 2 N–H and O–H groups in total. The standard InChI is InChI=1S/C14H14FN5/c1-9-3-4-10(15)11(7-9)18-13-14-17-5-6-20(14)8-12(16-2)19-13/h3-8,16H,1-2H3,(H,18,19). The molecule has 0 fully saturated rings. The van der Waals surface area contributed by atoms with Crippen molar-refractivity contribution in [3.8, 4) is 0 Å². The first kappa shape index (κ1) is 12.4. The van der Waals surface area contributed by atoms with Crippen LogP contribution in [-0.4, -0.2) is 21.4 Å². The van der Waals surface area contributed by atoms with E-state index in [9.17, 15) is 4.39 Å². The molecule has 0 bridgehead atoms. The van der Waals surface area contributed by atoms with E-state index in [2.05, 4.69) is 20.6 Å². The van der Waals surface area contributed by atoms with Crippen LogP contribution in [-0.2, 0) is 0 Å². The number of halogens is 1. The van der Waals surface area contributed by atoms with Crippen molar-refractivity contribution in [2.45, 2.75) is 6.92 Å². The van der Waals surface area contributed by atoms with Crippen molar-refractivity contribution >= 4 is 23.0 Å². The molecule has 0 atom stereocenters. The third-order valence-corrected chi connectivity index (χ3v) is 3.01. The lowest BCUT2D eigenvalue weighted by atomic mass is 10.2. The number of imidazole rings is 1.